The maximum absolute atomic E-state index is 12.9. The third-order valence-corrected chi connectivity index (χ3v) is 7.16. The molecule has 3 aromatic rings. The molecule has 0 unspecified atom stereocenters. The Balaban J connectivity index is 1.70. The van der Waals surface area contributed by atoms with Crippen LogP contribution in [0.15, 0.2) is 47.6 Å². The molecule has 0 radical (unpaired) electrons. The van der Waals surface area contributed by atoms with Gasteiger partial charge >= 0.3 is 0 Å². The van der Waals surface area contributed by atoms with Crippen LogP contribution in [0.5, 0.6) is 0 Å². The van der Waals surface area contributed by atoms with Crippen LogP contribution in [0.3, 0.4) is 0 Å². The Morgan fingerprint density at radius 3 is 2.34 bits per heavy atom. The minimum Gasteiger partial charge on any atom is -0.342 e. The molecule has 186 valence electrons. The monoisotopic (exact) mass is 533 g/mol. The zero-order valence-corrected chi connectivity index (χ0v) is 22.5. The van der Waals surface area contributed by atoms with Crippen LogP contribution in [0, 0.1) is 5.92 Å². The molecule has 1 heterocycles. The summed E-state index contributed by atoms with van der Waals surface area (Å²) in [6, 6.07) is 12.2. The molecule has 0 saturated carbocycles. The predicted molar refractivity (Wildman–Crippen MR) is 142 cm³/mol. The van der Waals surface area contributed by atoms with E-state index in [1.807, 2.05) is 49.6 Å². The van der Waals surface area contributed by atoms with E-state index in [0.29, 0.717) is 33.1 Å². The summed E-state index contributed by atoms with van der Waals surface area (Å²) in [6.45, 7) is 8.66. The number of nitrogens with zero attached hydrogens (tertiary/aromatic N) is 3. The Labute approximate surface area is 220 Å². The second kappa shape index (κ2) is 12.4. The number of halogens is 2. The lowest BCUT2D eigenvalue weighted by Gasteiger charge is -2.22. The van der Waals surface area contributed by atoms with E-state index >= 15 is 0 Å². The molecule has 2 amide bonds. The smallest absolute Gasteiger partial charge is 0.251 e. The zero-order valence-electron chi connectivity index (χ0n) is 20.1. The Hall–Kier alpha value is -2.55. The Bertz CT molecular complexity index is 1180. The van der Waals surface area contributed by atoms with Gasteiger partial charge in [0.2, 0.25) is 5.91 Å². The molecule has 0 saturated heterocycles. The highest BCUT2D eigenvalue weighted by atomic mass is 35.5. The summed E-state index contributed by atoms with van der Waals surface area (Å²) in [5, 5.41) is 15.9. The molecule has 2 aromatic carbocycles. The van der Waals surface area contributed by atoms with Crippen molar-refractivity contribution < 1.29 is 9.59 Å². The lowest BCUT2D eigenvalue weighted by atomic mass is 10.0. The van der Waals surface area contributed by atoms with Crippen LogP contribution in [0.4, 0.5) is 5.69 Å². The molecule has 0 bridgehead atoms. The molecule has 1 atom stereocenters. The number of aryl methyl sites for hydroxylation is 1. The third kappa shape index (κ3) is 6.99. The van der Waals surface area contributed by atoms with Gasteiger partial charge < -0.3 is 15.2 Å². The third-order valence-electron chi connectivity index (χ3n) is 5.45. The van der Waals surface area contributed by atoms with Gasteiger partial charge in [-0.25, -0.2) is 0 Å². The number of amides is 2. The van der Waals surface area contributed by atoms with Gasteiger partial charge in [-0.3, -0.25) is 9.59 Å². The van der Waals surface area contributed by atoms with Crippen LogP contribution in [0.25, 0.3) is 0 Å². The van der Waals surface area contributed by atoms with Gasteiger partial charge in [-0.2, -0.15) is 0 Å². The summed E-state index contributed by atoms with van der Waals surface area (Å²) in [6.07, 6.45) is 0.949. The van der Waals surface area contributed by atoms with Crippen LogP contribution in [0.1, 0.15) is 55.5 Å². The van der Waals surface area contributed by atoms with Gasteiger partial charge in [-0.1, -0.05) is 67.9 Å². The highest BCUT2D eigenvalue weighted by Gasteiger charge is 2.26. The molecule has 1 aromatic heterocycles. The van der Waals surface area contributed by atoms with Crippen molar-refractivity contribution in [2.45, 2.75) is 51.9 Å². The quantitative estimate of drug-likeness (QED) is 0.311. The number of aromatic nitrogens is 3. The number of benzene rings is 2. The molecule has 35 heavy (non-hydrogen) atoms. The fraction of sp³-hybridized carbons (Fsp3) is 0.360. The fourth-order valence-electron chi connectivity index (χ4n) is 3.48. The minimum atomic E-state index is -0.385. The van der Waals surface area contributed by atoms with Crippen LogP contribution >= 0.6 is 35.0 Å². The summed E-state index contributed by atoms with van der Waals surface area (Å²) >= 11 is 13.4. The number of carbonyl (C=O) groups is 2. The Kier molecular flexibility index (Phi) is 9.60. The van der Waals surface area contributed by atoms with Crippen molar-refractivity contribution in [2.24, 2.45) is 5.92 Å². The summed E-state index contributed by atoms with van der Waals surface area (Å²) in [4.78, 5) is 25.4. The molecular formula is C25H29Cl2N5O2S. The number of hydrogen-bond acceptors (Lipinski definition) is 5. The van der Waals surface area contributed by atoms with E-state index < -0.39 is 0 Å². The molecule has 7 nitrogen and oxygen atoms in total. The number of hydrogen-bond donors (Lipinski definition) is 2. The van der Waals surface area contributed by atoms with Crippen LogP contribution in [-0.2, 0) is 17.8 Å². The molecule has 0 fully saturated rings. The maximum Gasteiger partial charge on any atom is 0.251 e. The van der Waals surface area contributed by atoms with Crippen LogP contribution in [-0.4, -0.2) is 32.3 Å². The van der Waals surface area contributed by atoms with Gasteiger partial charge in [0.15, 0.2) is 11.0 Å². The second-order valence-electron chi connectivity index (χ2n) is 8.30. The van der Waals surface area contributed by atoms with Crippen molar-refractivity contribution >= 4 is 52.5 Å². The van der Waals surface area contributed by atoms with E-state index in [-0.39, 0.29) is 29.5 Å². The molecule has 0 aliphatic rings. The average Bonchev–Trinajstić information content (AvgIpc) is 3.25. The van der Waals surface area contributed by atoms with E-state index in [9.17, 15) is 9.59 Å². The molecule has 0 aliphatic heterocycles. The van der Waals surface area contributed by atoms with Gasteiger partial charge in [-0.05, 0) is 55.2 Å². The van der Waals surface area contributed by atoms with Crippen molar-refractivity contribution in [1.29, 1.82) is 0 Å². The fourth-order valence-corrected chi connectivity index (χ4v) is 4.58. The largest absolute Gasteiger partial charge is 0.342 e. The van der Waals surface area contributed by atoms with Gasteiger partial charge in [0.05, 0.1) is 21.8 Å². The zero-order chi connectivity index (χ0) is 25.5. The Morgan fingerprint density at radius 1 is 1.03 bits per heavy atom. The highest BCUT2D eigenvalue weighted by molar-refractivity contribution is 7.99. The van der Waals surface area contributed by atoms with Crippen molar-refractivity contribution in [3.8, 4) is 0 Å². The summed E-state index contributed by atoms with van der Waals surface area (Å²) in [7, 11) is 0. The second-order valence-corrected chi connectivity index (χ2v) is 10.1. The number of thioether (sulfide) groups is 1. The SMILES string of the molecule is CCc1ccc(NC(=O)CSc2nnc([C@H](NC(=O)c3ccc(Cl)c(Cl)c3)C(C)C)n2CC)cc1. The highest BCUT2D eigenvalue weighted by Crippen LogP contribution is 2.27. The van der Waals surface area contributed by atoms with Crippen molar-refractivity contribution in [3.05, 3.63) is 69.5 Å². The number of carbonyl (C=O) groups excluding carboxylic acids is 2. The molecule has 0 spiro atoms. The topological polar surface area (TPSA) is 88.9 Å². The predicted octanol–water partition coefficient (Wildman–Crippen LogP) is 6.03. The number of nitrogens with one attached hydrogen (secondary N) is 2. The van der Waals surface area contributed by atoms with E-state index in [2.05, 4.69) is 27.8 Å². The first-order chi connectivity index (χ1) is 16.7. The lowest BCUT2D eigenvalue weighted by molar-refractivity contribution is -0.113. The first-order valence-corrected chi connectivity index (χ1v) is 13.2. The molecular weight excluding hydrogens is 505 g/mol. The van der Waals surface area contributed by atoms with E-state index in [4.69, 9.17) is 23.2 Å². The van der Waals surface area contributed by atoms with Gasteiger partial charge in [0.25, 0.3) is 5.91 Å². The number of anilines is 1. The van der Waals surface area contributed by atoms with E-state index in [0.717, 1.165) is 12.1 Å². The van der Waals surface area contributed by atoms with Crippen molar-refractivity contribution in [2.75, 3.05) is 11.1 Å². The standard InChI is InChI=1S/C25H29Cl2N5O2S/c1-5-16-7-10-18(11-8-16)28-21(33)14-35-25-31-30-23(32(25)6-2)22(15(3)4)29-24(34)17-9-12-19(26)20(27)13-17/h7-13,15,22H,5-6,14H2,1-4H3,(H,28,33)(H,29,34)/t22-/m1/s1. The molecule has 3 rings (SSSR count). The molecule has 0 aliphatic carbocycles. The lowest BCUT2D eigenvalue weighted by Crippen LogP contribution is -2.33. The van der Waals surface area contributed by atoms with E-state index in [1.165, 1.54) is 23.4 Å². The van der Waals surface area contributed by atoms with Crippen LogP contribution in [0.2, 0.25) is 10.0 Å². The van der Waals surface area contributed by atoms with Crippen molar-refractivity contribution in [3.63, 3.8) is 0 Å². The first-order valence-electron chi connectivity index (χ1n) is 11.4. The maximum atomic E-state index is 12.9. The van der Waals surface area contributed by atoms with Crippen molar-refractivity contribution in [1.82, 2.24) is 20.1 Å². The normalized spacial score (nSPS) is 12.0. The van der Waals surface area contributed by atoms with Crippen LogP contribution < -0.4 is 10.6 Å². The molecule has 2 N–H and O–H groups in total. The van der Waals surface area contributed by atoms with Gasteiger partial charge in [-0.15, -0.1) is 10.2 Å². The van der Waals surface area contributed by atoms with E-state index in [1.54, 1.807) is 12.1 Å². The van der Waals surface area contributed by atoms with Gasteiger partial charge in [0, 0.05) is 17.8 Å². The summed E-state index contributed by atoms with van der Waals surface area (Å²) in [5.41, 5.74) is 2.38. The molecule has 10 heteroatoms. The summed E-state index contributed by atoms with van der Waals surface area (Å²) < 4.78 is 1.92. The first kappa shape index (κ1) is 27.0. The number of rotatable bonds is 10. The Morgan fingerprint density at radius 2 is 1.74 bits per heavy atom. The summed E-state index contributed by atoms with van der Waals surface area (Å²) in [5.74, 6) is 0.461. The average molecular weight is 535 g/mol. The minimum absolute atomic E-state index is 0.0449. The van der Waals surface area contributed by atoms with Gasteiger partial charge in [0.1, 0.15) is 0 Å².